The molecule has 96 valence electrons. The fourth-order valence-electron chi connectivity index (χ4n) is 1.13. The summed E-state index contributed by atoms with van der Waals surface area (Å²) < 4.78 is 5.08. The van der Waals surface area contributed by atoms with Crippen LogP contribution in [0.3, 0.4) is 0 Å². The molecule has 3 N–H and O–H groups in total. The van der Waals surface area contributed by atoms with Crippen LogP contribution < -0.4 is 10.6 Å². The van der Waals surface area contributed by atoms with Gasteiger partial charge in [-0.3, -0.25) is 4.79 Å². The lowest BCUT2D eigenvalue weighted by atomic mass is 10.3. The topological polar surface area (TPSA) is 70.6 Å². The maximum atomic E-state index is 11.2. The van der Waals surface area contributed by atoms with Gasteiger partial charge in [-0.1, -0.05) is 13.3 Å². The molecule has 0 atom stereocenters. The molecule has 0 unspecified atom stereocenters. The summed E-state index contributed by atoms with van der Waals surface area (Å²) in [5.74, 6) is 0.0460. The summed E-state index contributed by atoms with van der Waals surface area (Å²) in [4.78, 5) is 11.2. The Morgan fingerprint density at radius 1 is 1.25 bits per heavy atom. The Morgan fingerprint density at radius 2 is 2.06 bits per heavy atom. The first-order valence-electron chi connectivity index (χ1n) is 5.97. The molecule has 0 aliphatic heterocycles. The summed E-state index contributed by atoms with van der Waals surface area (Å²) in [5.41, 5.74) is 0. The first-order valence-corrected chi connectivity index (χ1v) is 5.97. The van der Waals surface area contributed by atoms with Crippen LogP contribution in [0.1, 0.15) is 26.2 Å². The van der Waals surface area contributed by atoms with Crippen molar-refractivity contribution in [1.82, 2.24) is 10.6 Å². The highest BCUT2D eigenvalue weighted by atomic mass is 16.5. The molecule has 0 saturated carbocycles. The molecular formula is C11H24N2O3. The summed E-state index contributed by atoms with van der Waals surface area (Å²) in [6.07, 6.45) is 2.97. The lowest BCUT2D eigenvalue weighted by Crippen LogP contribution is -2.34. The maximum Gasteiger partial charge on any atom is 0.233 e. The predicted octanol–water partition coefficient (Wildman–Crippen LogP) is -0.109. The highest BCUT2D eigenvalue weighted by Gasteiger charge is 1.98. The van der Waals surface area contributed by atoms with Crippen LogP contribution in [0, 0.1) is 0 Å². The van der Waals surface area contributed by atoms with Gasteiger partial charge in [-0.05, 0) is 19.4 Å². The number of hydrogen-bond donors (Lipinski definition) is 3. The molecule has 0 heterocycles. The highest BCUT2D eigenvalue weighted by Crippen LogP contribution is 1.82. The minimum Gasteiger partial charge on any atom is -0.394 e. The Labute approximate surface area is 97.6 Å². The molecule has 0 saturated heterocycles. The van der Waals surface area contributed by atoms with Crippen molar-refractivity contribution >= 4 is 5.91 Å². The number of nitrogens with one attached hydrogen (secondary N) is 2. The standard InChI is InChI=1S/C11H24N2O3/c1-2-3-6-13-11(15)10-12-5-4-8-16-9-7-14/h12,14H,2-10H2,1H3,(H,13,15). The van der Waals surface area contributed by atoms with Gasteiger partial charge in [-0.15, -0.1) is 0 Å². The van der Waals surface area contributed by atoms with Gasteiger partial charge >= 0.3 is 0 Å². The molecule has 16 heavy (non-hydrogen) atoms. The van der Waals surface area contributed by atoms with E-state index in [1.54, 1.807) is 0 Å². The molecule has 5 heteroatoms. The zero-order chi connectivity index (χ0) is 12.1. The minimum atomic E-state index is 0.0460. The van der Waals surface area contributed by atoms with Gasteiger partial charge < -0.3 is 20.5 Å². The third-order valence-electron chi connectivity index (χ3n) is 2.02. The zero-order valence-electron chi connectivity index (χ0n) is 10.1. The molecule has 0 spiro atoms. The largest absolute Gasteiger partial charge is 0.394 e. The van der Waals surface area contributed by atoms with E-state index in [-0.39, 0.29) is 12.5 Å². The summed E-state index contributed by atoms with van der Waals surface area (Å²) in [6.45, 7) is 5.04. The van der Waals surface area contributed by atoms with Gasteiger partial charge in [0.1, 0.15) is 0 Å². The lowest BCUT2D eigenvalue weighted by Gasteiger charge is -2.06. The van der Waals surface area contributed by atoms with Crippen LogP contribution in [-0.2, 0) is 9.53 Å². The van der Waals surface area contributed by atoms with Crippen LogP contribution in [0.2, 0.25) is 0 Å². The Morgan fingerprint density at radius 3 is 2.75 bits per heavy atom. The smallest absolute Gasteiger partial charge is 0.233 e. The molecule has 5 nitrogen and oxygen atoms in total. The number of amides is 1. The maximum absolute atomic E-state index is 11.2. The molecule has 0 fully saturated rings. The quantitative estimate of drug-likeness (QED) is 0.435. The number of aliphatic hydroxyl groups excluding tert-OH is 1. The van der Waals surface area contributed by atoms with E-state index >= 15 is 0 Å². The number of carbonyl (C=O) groups is 1. The average Bonchev–Trinajstić information content (AvgIpc) is 2.28. The van der Waals surface area contributed by atoms with Gasteiger partial charge in [0.15, 0.2) is 0 Å². The van der Waals surface area contributed by atoms with E-state index in [1.807, 2.05) is 0 Å². The molecule has 1 amide bonds. The number of ether oxygens (including phenoxy) is 1. The van der Waals surface area contributed by atoms with Crippen LogP contribution >= 0.6 is 0 Å². The van der Waals surface area contributed by atoms with E-state index in [4.69, 9.17) is 9.84 Å². The van der Waals surface area contributed by atoms with E-state index in [1.165, 1.54) is 0 Å². The second-order valence-electron chi connectivity index (χ2n) is 3.57. The van der Waals surface area contributed by atoms with E-state index in [0.29, 0.717) is 19.8 Å². The number of carbonyl (C=O) groups excluding carboxylic acids is 1. The molecular weight excluding hydrogens is 208 g/mol. The van der Waals surface area contributed by atoms with Crippen LogP contribution in [-0.4, -0.2) is 50.5 Å². The fraction of sp³-hybridized carbons (Fsp3) is 0.909. The summed E-state index contributed by atoms with van der Waals surface area (Å²) in [7, 11) is 0. The Bertz CT molecular complexity index is 165. The van der Waals surface area contributed by atoms with Gasteiger partial charge in [0.25, 0.3) is 0 Å². The lowest BCUT2D eigenvalue weighted by molar-refractivity contribution is -0.120. The van der Waals surface area contributed by atoms with Crippen molar-refractivity contribution in [1.29, 1.82) is 0 Å². The van der Waals surface area contributed by atoms with Crippen LogP contribution in [0.4, 0.5) is 0 Å². The minimum absolute atomic E-state index is 0.0460. The highest BCUT2D eigenvalue weighted by molar-refractivity contribution is 5.77. The SMILES string of the molecule is CCCCNC(=O)CNCCCOCCO. The third kappa shape index (κ3) is 11.4. The van der Waals surface area contributed by atoms with Crippen molar-refractivity contribution in [3.63, 3.8) is 0 Å². The van der Waals surface area contributed by atoms with Crippen molar-refractivity contribution in [2.75, 3.05) is 39.5 Å². The number of rotatable bonds is 11. The Hall–Kier alpha value is -0.650. The van der Waals surface area contributed by atoms with Crippen molar-refractivity contribution in [2.24, 2.45) is 0 Å². The van der Waals surface area contributed by atoms with Gasteiger partial charge in [0.2, 0.25) is 5.91 Å². The zero-order valence-corrected chi connectivity index (χ0v) is 10.1. The Kier molecular flexibility index (Phi) is 11.9. The van der Waals surface area contributed by atoms with Gasteiger partial charge in [-0.2, -0.15) is 0 Å². The van der Waals surface area contributed by atoms with Crippen LogP contribution in [0.25, 0.3) is 0 Å². The second-order valence-corrected chi connectivity index (χ2v) is 3.57. The molecule has 0 bridgehead atoms. The monoisotopic (exact) mass is 232 g/mol. The van der Waals surface area contributed by atoms with Crippen molar-refractivity contribution < 1.29 is 14.6 Å². The Balaban J connectivity index is 3.09. The molecule has 0 radical (unpaired) electrons. The van der Waals surface area contributed by atoms with Gasteiger partial charge in [0.05, 0.1) is 19.8 Å². The third-order valence-corrected chi connectivity index (χ3v) is 2.02. The summed E-state index contributed by atoms with van der Waals surface area (Å²) in [6, 6.07) is 0. The fourth-order valence-corrected chi connectivity index (χ4v) is 1.13. The molecule has 0 rings (SSSR count). The van der Waals surface area contributed by atoms with E-state index in [9.17, 15) is 4.79 Å². The molecule has 0 aromatic heterocycles. The van der Waals surface area contributed by atoms with Gasteiger partial charge in [-0.25, -0.2) is 0 Å². The normalized spacial score (nSPS) is 10.4. The second kappa shape index (κ2) is 12.4. The van der Waals surface area contributed by atoms with Crippen molar-refractivity contribution in [3.05, 3.63) is 0 Å². The number of hydrogen-bond acceptors (Lipinski definition) is 4. The molecule has 0 aromatic rings. The van der Waals surface area contributed by atoms with Crippen LogP contribution in [0.15, 0.2) is 0 Å². The van der Waals surface area contributed by atoms with Crippen molar-refractivity contribution in [2.45, 2.75) is 26.2 Å². The molecule has 0 aromatic carbocycles. The molecule has 0 aliphatic rings. The molecule has 0 aliphatic carbocycles. The first kappa shape index (κ1) is 15.3. The predicted molar refractivity (Wildman–Crippen MR) is 63.3 cm³/mol. The number of aliphatic hydroxyl groups is 1. The van der Waals surface area contributed by atoms with E-state index in [2.05, 4.69) is 17.6 Å². The number of unbranched alkanes of at least 4 members (excludes halogenated alkanes) is 1. The van der Waals surface area contributed by atoms with E-state index in [0.717, 1.165) is 32.4 Å². The summed E-state index contributed by atoms with van der Waals surface area (Å²) in [5, 5.41) is 14.3. The van der Waals surface area contributed by atoms with Gasteiger partial charge in [0, 0.05) is 13.2 Å². The summed E-state index contributed by atoms with van der Waals surface area (Å²) >= 11 is 0. The average molecular weight is 232 g/mol. The first-order chi connectivity index (χ1) is 7.81. The van der Waals surface area contributed by atoms with Crippen LogP contribution in [0.5, 0.6) is 0 Å². The van der Waals surface area contributed by atoms with Crippen molar-refractivity contribution in [3.8, 4) is 0 Å². The van der Waals surface area contributed by atoms with E-state index < -0.39 is 0 Å².